The number of hydrogen-bond acceptors (Lipinski definition) is 7. The molecule has 0 atom stereocenters. The number of thiazole rings is 1. The quantitative estimate of drug-likeness (QED) is 0.491. The summed E-state index contributed by atoms with van der Waals surface area (Å²) < 4.78 is 6.06. The number of methoxy groups -OCH3 is 1. The van der Waals surface area contributed by atoms with Gasteiger partial charge in [0.15, 0.2) is 5.13 Å². The van der Waals surface area contributed by atoms with Crippen molar-refractivity contribution in [3.8, 4) is 5.75 Å². The topological polar surface area (TPSA) is 106 Å². The summed E-state index contributed by atoms with van der Waals surface area (Å²) in [5.74, 6) is 0.264. The minimum absolute atomic E-state index is 0.108. The van der Waals surface area contributed by atoms with Gasteiger partial charge < -0.3 is 10.1 Å². The summed E-state index contributed by atoms with van der Waals surface area (Å²) in [5.41, 5.74) is 1.28. The number of ether oxygens (including phenoxy) is 1. The summed E-state index contributed by atoms with van der Waals surface area (Å²) in [5, 5.41) is 17.6. The average molecular weight is 384 g/mol. The van der Waals surface area contributed by atoms with Crippen molar-refractivity contribution >= 4 is 44.0 Å². The predicted octanol–water partition coefficient (Wildman–Crippen LogP) is 4.04. The van der Waals surface area contributed by atoms with E-state index < -0.39 is 10.8 Å². The fourth-order valence-electron chi connectivity index (χ4n) is 2.65. The van der Waals surface area contributed by atoms with Crippen molar-refractivity contribution in [1.82, 2.24) is 4.98 Å². The summed E-state index contributed by atoms with van der Waals surface area (Å²) in [4.78, 5) is 27.7. The smallest absolute Gasteiger partial charge is 0.293 e. The third kappa shape index (κ3) is 3.68. The number of amides is 1. The number of nitrogens with one attached hydrogen (secondary N) is 2. The molecule has 27 heavy (non-hydrogen) atoms. The summed E-state index contributed by atoms with van der Waals surface area (Å²) >= 11 is 1.31. The average Bonchev–Trinajstić information content (AvgIpc) is 3.38. The molecule has 1 aliphatic rings. The molecular weight excluding hydrogens is 368 g/mol. The van der Waals surface area contributed by atoms with Gasteiger partial charge in [-0.2, -0.15) is 0 Å². The third-order valence-electron chi connectivity index (χ3n) is 4.21. The lowest BCUT2D eigenvalue weighted by molar-refractivity contribution is -0.384. The van der Waals surface area contributed by atoms with Gasteiger partial charge in [0.05, 0.1) is 22.2 Å². The second-order valence-corrected chi connectivity index (χ2v) is 7.25. The van der Waals surface area contributed by atoms with Crippen LogP contribution in [0.1, 0.15) is 23.2 Å². The van der Waals surface area contributed by atoms with E-state index >= 15 is 0 Å². The van der Waals surface area contributed by atoms with Crippen molar-refractivity contribution in [2.75, 3.05) is 17.7 Å². The number of carbonyl (C=O) groups excluding carboxylic acids is 1. The van der Waals surface area contributed by atoms with E-state index in [1.54, 1.807) is 25.3 Å². The fraction of sp³-hybridized carbons (Fsp3) is 0.222. The molecule has 9 heteroatoms. The maximum Gasteiger partial charge on any atom is 0.293 e. The summed E-state index contributed by atoms with van der Waals surface area (Å²) in [7, 11) is 1.58. The SMILES string of the molecule is COc1ccc2nc(NC(=O)c3ccc(NC4CC4)c([N+](=O)[O-])c3)sc2c1. The van der Waals surface area contributed by atoms with Crippen molar-refractivity contribution in [1.29, 1.82) is 0 Å². The second-order valence-electron chi connectivity index (χ2n) is 6.21. The molecule has 0 aliphatic heterocycles. The van der Waals surface area contributed by atoms with Crippen LogP contribution in [0.15, 0.2) is 36.4 Å². The lowest BCUT2D eigenvalue weighted by Gasteiger charge is -2.07. The first-order valence-electron chi connectivity index (χ1n) is 8.34. The van der Waals surface area contributed by atoms with Gasteiger partial charge in [-0.1, -0.05) is 11.3 Å². The van der Waals surface area contributed by atoms with Gasteiger partial charge in [0.25, 0.3) is 11.6 Å². The molecular formula is C18H16N4O4S. The Morgan fingerprint density at radius 1 is 1.30 bits per heavy atom. The Morgan fingerprint density at radius 3 is 2.81 bits per heavy atom. The largest absolute Gasteiger partial charge is 0.497 e. The molecule has 1 aliphatic carbocycles. The van der Waals surface area contributed by atoms with Crippen molar-refractivity contribution in [3.05, 3.63) is 52.1 Å². The Kier molecular flexibility index (Phi) is 4.36. The zero-order chi connectivity index (χ0) is 19.0. The summed E-state index contributed by atoms with van der Waals surface area (Å²) in [6.07, 6.45) is 2.00. The molecule has 4 rings (SSSR count). The molecule has 1 amide bonds. The number of fused-ring (bicyclic) bond motifs is 1. The van der Waals surface area contributed by atoms with Crippen LogP contribution in [0.2, 0.25) is 0 Å². The summed E-state index contributed by atoms with van der Waals surface area (Å²) in [6, 6.07) is 10.2. The molecule has 0 unspecified atom stereocenters. The number of rotatable bonds is 6. The Hall–Kier alpha value is -3.20. The van der Waals surface area contributed by atoms with E-state index in [0.29, 0.717) is 16.6 Å². The first-order valence-corrected chi connectivity index (χ1v) is 9.16. The monoisotopic (exact) mass is 384 g/mol. The molecule has 0 radical (unpaired) electrons. The number of nitro benzene ring substituents is 1. The maximum atomic E-state index is 12.5. The van der Waals surface area contributed by atoms with E-state index in [-0.39, 0.29) is 17.3 Å². The Balaban J connectivity index is 1.57. The molecule has 1 fully saturated rings. The van der Waals surface area contributed by atoms with Gasteiger partial charge in [0, 0.05) is 17.7 Å². The van der Waals surface area contributed by atoms with E-state index in [4.69, 9.17) is 4.74 Å². The van der Waals surface area contributed by atoms with E-state index in [2.05, 4.69) is 15.6 Å². The van der Waals surface area contributed by atoms with Gasteiger partial charge in [-0.15, -0.1) is 0 Å². The number of carbonyl (C=O) groups is 1. The maximum absolute atomic E-state index is 12.5. The molecule has 1 heterocycles. The number of nitro groups is 1. The first kappa shape index (κ1) is 17.2. The van der Waals surface area contributed by atoms with Crippen LogP contribution >= 0.6 is 11.3 Å². The standard InChI is InChI=1S/C18H16N4O4S/c1-26-12-5-7-14-16(9-12)27-18(20-14)21-17(23)10-2-6-13(19-11-3-4-11)15(8-10)22(24)25/h2,5-9,11,19H,3-4H2,1H3,(H,20,21,23). The van der Waals surface area contributed by atoms with Gasteiger partial charge in [0.2, 0.25) is 0 Å². The lowest BCUT2D eigenvalue weighted by atomic mass is 10.1. The molecule has 0 bridgehead atoms. The molecule has 1 aromatic heterocycles. The van der Waals surface area contributed by atoms with Crippen molar-refractivity contribution in [3.63, 3.8) is 0 Å². The number of nitrogens with zero attached hydrogens (tertiary/aromatic N) is 2. The highest BCUT2D eigenvalue weighted by molar-refractivity contribution is 7.22. The molecule has 3 aromatic rings. The normalized spacial score (nSPS) is 13.4. The number of benzene rings is 2. The number of aromatic nitrogens is 1. The van der Waals surface area contributed by atoms with Crippen LogP contribution in [-0.2, 0) is 0 Å². The Morgan fingerprint density at radius 2 is 2.11 bits per heavy atom. The first-order chi connectivity index (χ1) is 13.0. The predicted molar refractivity (Wildman–Crippen MR) is 104 cm³/mol. The highest BCUT2D eigenvalue weighted by Gasteiger charge is 2.25. The minimum atomic E-state index is -0.481. The van der Waals surface area contributed by atoms with E-state index in [1.165, 1.54) is 17.4 Å². The van der Waals surface area contributed by atoms with Crippen LogP contribution in [0.25, 0.3) is 10.2 Å². The van der Waals surface area contributed by atoms with Gasteiger partial charge in [-0.3, -0.25) is 20.2 Å². The van der Waals surface area contributed by atoms with Gasteiger partial charge in [-0.25, -0.2) is 4.98 Å². The van der Waals surface area contributed by atoms with Gasteiger partial charge in [-0.05, 0) is 43.2 Å². The minimum Gasteiger partial charge on any atom is -0.497 e. The zero-order valence-corrected chi connectivity index (χ0v) is 15.2. The highest BCUT2D eigenvalue weighted by Crippen LogP contribution is 2.32. The molecule has 1 saturated carbocycles. The van der Waals surface area contributed by atoms with Crippen LogP contribution in [-0.4, -0.2) is 29.0 Å². The van der Waals surface area contributed by atoms with Crippen molar-refractivity contribution < 1.29 is 14.5 Å². The fourth-order valence-corrected chi connectivity index (χ4v) is 3.54. The van der Waals surface area contributed by atoms with Crippen LogP contribution in [0.3, 0.4) is 0 Å². The molecule has 138 valence electrons. The molecule has 8 nitrogen and oxygen atoms in total. The van der Waals surface area contributed by atoms with Crippen LogP contribution in [0.4, 0.5) is 16.5 Å². The third-order valence-corrected chi connectivity index (χ3v) is 5.14. The van der Waals surface area contributed by atoms with Gasteiger partial charge >= 0.3 is 0 Å². The van der Waals surface area contributed by atoms with E-state index in [9.17, 15) is 14.9 Å². The van der Waals surface area contributed by atoms with Crippen LogP contribution in [0.5, 0.6) is 5.75 Å². The van der Waals surface area contributed by atoms with Crippen LogP contribution < -0.4 is 15.4 Å². The van der Waals surface area contributed by atoms with E-state index in [1.807, 2.05) is 12.1 Å². The summed E-state index contributed by atoms with van der Waals surface area (Å²) in [6.45, 7) is 0. The highest BCUT2D eigenvalue weighted by atomic mass is 32.1. The zero-order valence-electron chi connectivity index (χ0n) is 14.4. The number of anilines is 2. The van der Waals surface area contributed by atoms with E-state index in [0.717, 1.165) is 23.1 Å². The number of hydrogen-bond donors (Lipinski definition) is 2. The second kappa shape index (κ2) is 6.84. The Labute approximate surface area is 158 Å². The Bertz CT molecular complexity index is 1050. The molecule has 2 N–H and O–H groups in total. The lowest BCUT2D eigenvalue weighted by Crippen LogP contribution is -2.13. The molecule has 0 saturated heterocycles. The van der Waals surface area contributed by atoms with Crippen molar-refractivity contribution in [2.45, 2.75) is 18.9 Å². The van der Waals surface area contributed by atoms with Gasteiger partial charge in [0.1, 0.15) is 11.4 Å². The molecule has 0 spiro atoms. The van der Waals surface area contributed by atoms with Crippen LogP contribution in [0, 0.1) is 10.1 Å². The van der Waals surface area contributed by atoms with Crippen molar-refractivity contribution in [2.24, 2.45) is 0 Å². The molecule has 2 aromatic carbocycles.